The first-order valence-electron chi connectivity index (χ1n) is 19.0. The number of unbranched alkanes of at least 4 members (excludes halogenated alkanes) is 14. The van der Waals surface area contributed by atoms with E-state index < -0.39 is 21.8 Å². The van der Waals surface area contributed by atoms with Crippen LogP contribution in [0.15, 0.2) is 65.7 Å². The number of amides is 3. The number of aliphatic hydroxyl groups excluding tert-OH is 1. The molecule has 2 aromatic carbocycles. The molecule has 3 amide bonds. The molecule has 0 atom stereocenters. The number of pyridine rings is 1. The molecule has 0 aliphatic rings. The number of aromatic nitrogens is 1. The molecule has 3 aromatic rings. The minimum Gasteiger partial charge on any atom is -0.497 e. The molecule has 290 valence electrons. The van der Waals surface area contributed by atoms with Gasteiger partial charge in [-0.1, -0.05) is 121 Å². The van der Waals surface area contributed by atoms with Crippen LogP contribution < -0.4 is 10.1 Å². The monoisotopic (exact) mass is 769 g/mol. The number of imide groups is 1. The van der Waals surface area contributed by atoms with Gasteiger partial charge in [0.05, 0.1) is 40.5 Å². The van der Waals surface area contributed by atoms with Crippen LogP contribution >= 0.6 is 11.6 Å². The summed E-state index contributed by atoms with van der Waals surface area (Å²) in [5, 5.41) is 12.4. The first-order valence-corrected chi connectivity index (χ1v) is 20.8. The Morgan fingerprint density at radius 1 is 0.811 bits per heavy atom. The molecule has 0 saturated heterocycles. The number of sulfonamides is 1. The molecule has 1 aromatic heterocycles. The van der Waals surface area contributed by atoms with Gasteiger partial charge in [-0.15, -0.1) is 0 Å². The van der Waals surface area contributed by atoms with E-state index in [0.29, 0.717) is 28.6 Å². The number of rotatable bonds is 25. The maximum absolute atomic E-state index is 13.9. The molecule has 0 unspecified atom stereocenters. The number of hydrogen-bond donors (Lipinski definition) is 2. The van der Waals surface area contributed by atoms with Crippen molar-refractivity contribution in [3.8, 4) is 5.75 Å². The first kappa shape index (κ1) is 43.6. The summed E-state index contributed by atoms with van der Waals surface area (Å²) in [6.07, 6.45) is 18.8. The number of carbonyl (C=O) groups is 3. The fourth-order valence-electron chi connectivity index (χ4n) is 6.02. The Balaban J connectivity index is 1.54. The number of ether oxygens (including phenoxy) is 1. The van der Waals surface area contributed by atoms with Crippen molar-refractivity contribution >= 4 is 39.3 Å². The largest absolute Gasteiger partial charge is 0.497 e. The molecule has 0 aliphatic carbocycles. The van der Waals surface area contributed by atoms with Crippen LogP contribution in [0, 0.1) is 0 Å². The number of methoxy groups -OCH3 is 1. The van der Waals surface area contributed by atoms with E-state index in [4.69, 9.17) is 16.3 Å². The second-order valence-electron chi connectivity index (χ2n) is 13.4. The molecule has 10 nitrogen and oxygen atoms in total. The third kappa shape index (κ3) is 14.5. The van der Waals surface area contributed by atoms with Crippen LogP contribution in [0.3, 0.4) is 0 Å². The Kier molecular flexibility index (Phi) is 19.6. The third-order valence-electron chi connectivity index (χ3n) is 9.22. The highest BCUT2D eigenvalue weighted by Gasteiger charge is 2.35. The Morgan fingerprint density at radius 3 is 1.92 bits per heavy atom. The highest BCUT2D eigenvalue weighted by atomic mass is 35.5. The molecule has 0 fully saturated rings. The normalized spacial score (nSPS) is 11.3. The number of halogens is 1. The Morgan fingerprint density at radius 2 is 1.40 bits per heavy atom. The summed E-state index contributed by atoms with van der Waals surface area (Å²) in [5.74, 6) is -1.69. The Hall–Kier alpha value is -3.80. The summed E-state index contributed by atoms with van der Waals surface area (Å²) in [6, 6.07) is 13.4. The summed E-state index contributed by atoms with van der Waals surface area (Å²) in [7, 11) is -3.08. The molecule has 3 rings (SSSR count). The summed E-state index contributed by atoms with van der Waals surface area (Å²) in [6.45, 7) is 2.14. The van der Waals surface area contributed by atoms with Crippen LogP contribution in [0.25, 0.3) is 0 Å². The lowest BCUT2D eigenvalue weighted by molar-refractivity contribution is -0.124. The van der Waals surface area contributed by atoms with Crippen LogP contribution in [0.2, 0.25) is 5.02 Å². The summed E-state index contributed by atoms with van der Waals surface area (Å²) >= 11 is 6.18. The van der Waals surface area contributed by atoms with Crippen molar-refractivity contribution < 1.29 is 32.6 Å². The van der Waals surface area contributed by atoms with Crippen LogP contribution in [-0.4, -0.2) is 54.2 Å². The van der Waals surface area contributed by atoms with E-state index in [1.807, 2.05) is 0 Å². The highest BCUT2D eigenvalue weighted by molar-refractivity contribution is 7.90. The maximum Gasteiger partial charge on any atom is 0.276 e. The van der Waals surface area contributed by atoms with E-state index in [0.717, 1.165) is 37.4 Å². The molecule has 0 radical (unpaired) electrons. The van der Waals surface area contributed by atoms with Crippen molar-refractivity contribution in [2.75, 3.05) is 13.7 Å². The van der Waals surface area contributed by atoms with Crippen LogP contribution in [-0.2, 0) is 27.8 Å². The fourth-order valence-corrected chi connectivity index (χ4v) is 7.60. The maximum atomic E-state index is 13.9. The quantitative estimate of drug-likeness (QED) is 0.0815. The van der Waals surface area contributed by atoms with Gasteiger partial charge in [0.1, 0.15) is 5.75 Å². The standard InChI is InChI=1S/C41H56ClN3O7S/c1-3-4-5-6-7-8-9-10-11-12-13-14-15-16-17-18-39(47)45(41(49)33-21-22-34(31-46)44-30-33)53(50,51)36-24-19-32(20-25-36)27-28-43-40(48)37-29-35(52-2)23-26-38(37)42/h19-26,29-30,46H,3-18,27-28,31H2,1-2H3,(H,43,48). The molecule has 0 saturated carbocycles. The number of nitrogens with zero attached hydrogens (tertiary/aromatic N) is 2. The number of hydrogen-bond acceptors (Lipinski definition) is 8. The van der Waals surface area contributed by atoms with Gasteiger partial charge in [-0.2, -0.15) is 4.31 Å². The zero-order valence-electron chi connectivity index (χ0n) is 31.3. The zero-order valence-corrected chi connectivity index (χ0v) is 32.9. The van der Waals surface area contributed by atoms with E-state index in [2.05, 4.69) is 17.2 Å². The molecule has 0 aliphatic heterocycles. The second kappa shape index (κ2) is 23.8. The van der Waals surface area contributed by atoms with E-state index in [-0.39, 0.29) is 46.5 Å². The average molecular weight is 770 g/mol. The molecule has 12 heteroatoms. The van der Waals surface area contributed by atoms with Crippen LogP contribution in [0.1, 0.15) is 142 Å². The third-order valence-corrected chi connectivity index (χ3v) is 11.3. The number of carbonyl (C=O) groups excluding carboxylic acids is 3. The van der Waals surface area contributed by atoms with Crippen LogP contribution in [0.4, 0.5) is 0 Å². The van der Waals surface area contributed by atoms with Gasteiger partial charge in [0.15, 0.2) is 0 Å². The van der Waals surface area contributed by atoms with Gasteiger partial charge in [-0.25, -0.2) is 8.42 Å². The SMILES string of the molecule is CCCCCCCCCCCCCCCCCC(=O)N(C(=O)c1ccc(CO)nc1)S(=O)(=O)c1ccc(CCNC(=O)c2cc(OC)ccc2Cl)cc1. The zero-order chi connectivity index (χ0) is 38.5. The van der Waals surface area contributed by atoms with Gasteiger partial charge in [0, 0.05) is 19.2 Å². The number of aliphatic hydroxyl groups is 1. The second-order valence-corrected chi connectivity index (χ2v) is 15.6. The van der Waals surface area contributed by atoms with Gasteiger partial charge >= 0.3 is 0 Å². The van der Waals surface area contributed by atoms with Crippen molar-refractivity contribution in [2.45, 2.75) is 128 Å². The topological polar surface area (TPSA) is 143 Å². The number of benzene rings is 2. The molecule has 0 spiro atoms. The van der Waals surface area contributed by atoms with E-state index >= 15 is 0 Å². The van der Waals surface area contributed by atoms with Gasteiger partial charge in [0.2, 0.25) is 5.91 Å². The van der Waals surface area contributed by atoms with Crippen molar-refractivity contribution in [3.63, 3.8) is 0 Å². The van der Waals surface area contributed by atoms with Crippen LogP contribution in [0.5, 0.6) is 5.75 Å². The van der Waals surface area contributed by atoms with Crippen molar-refractivity contribution in [2.24, 2.45) is 0 Å². The molecule has 53 heavy (non-hydrogen) atoms. The molecular formula is C41H56ClN3O7S. The van der Waals surface area contributed by atoms with E-state index in [9.17, 15) is 27.9 Å². The minimum absolute atomic E-state index is 0.0841. The van der Waals surface area contributed by atoms with Crippen molar-refractivity contribution in [1.29, 1.82) is 0 Å². The molecule has 2 N–H and O–H groups in total. The fraction of sp³-hybridized carbons (Fsp3) is 0.512. The average Bonchev–Trinajstić information content (AvgIpc) is 3.16. The Labute approximate surface area is 320 Å². The number of nitrogens with one attached hydrogen (secondary N) is 1. The smallest absolute Gasteiger partial charge is 0.276 e. The minimum atomic E-state index is -4.57. The lowest BCUT2D eigenvalue weighted by Crippen LogP contribution is -2.41. The Bertz CT molecular complexity index is 1680. The summed E-state index contributed by atoms with van der Waals surface area (Å²) in [5.41, 5.74) is 1.22. The predicted octanol–water partition coefficient (Wildman–Crippen LogP) is 8.83. The van der Waals surface area contributed by atoms with Crippen molar-refractivity contribution in [1.82, 2.24) is 14.6 Å². The van der Waals surface area contributed by atoms with Gasteiger partial charge in [-0.05, 0) is 60.9 Å². The summed E-state index contributed by atoms with van der Waals surface area (Å²) < 4.78 is 33.3. The highest BCUT2D eigenvalue weighted by Crippen LogP contribution is 2.24. The lowest BCUT2D eigenvalue weighted by Gasteiger charge is -2.21. The summed E-state index contributed by atoms with van der Waals surface area (Å²) in [4.78, 5) is 43.5. The van der Waals surface area contributed by atoms with E-state index in [1.165, 1.54) is 95.6 Å². The van der Waals surface area contributed by atoms with Gasteiger partial charge in [0.25, 0.3) is 21.8 Å². The lowest BCUT2D eigenvalue weighted by atomic mass is 10.0. The predicted molar refractivity (Wildman–Crippen MR) is 209 cm³/mol. The molecule has 1 heterocycles. The van der Waals surface area contributed by atoms with Gasteiger partial charge in [-0.3, -0.25) is 19.4 Å². The molecule has 0 bridgehead atoms. The van der Waals surface area contributed by atoms with Crippen molar-refractivity contribution in [3.05, 3.63) is 88.2 Å². The molecular weight excluding hydrogens is 714 g/mol. The van der Waals surface area contributed by atoms with E-state index in [1.54, 1.807) is 30.3 Å². The first-order chi connectivity index (χ1) is 25.6. The van der Waals surface area contributed by atoms with Gasteiger partial charge < -0.3 is 15.2 Å².